The first-order chi connectivity index (χ1) is 13.0. The molecule has 1 amide bonds. The summed E-state index contributed by atoms with van der Waals surface area (Å²) < 4.78 is 10.7. The van der Waals surface area contributed by atoms with Crippen molar-refractivity contribution in [3.8, 4) is 0 Å². The van der Waals surface area contributed by atoms with E-state index in [2.05, 4.69) is 10.2 Å². The van der Waals surface area contributed by atoms with Crippen LogP contribution in [-0.4, -0.2) is 49.6 Å². The van der Waals surface area contributed by atoms with Crippen LogP contribution in [0.15, 0.2) is 54.6 Å². The van der Waals surface area contributed by atoms with Gasteiger partial charge in [-0.1, -0.05) is 36.4 Å². The number of esters is 1. The van der Waals surface area contributed by atoms with Crippen molar-refractivity contribution in [3.05, 3.63) is 65.7 Å². The van der Waals surface area contributed by atoms with E-state index in [9.17, 15) is 9.59 Å². The first kappa shape index (κ1) is 19.1. The van der Waals surface area contributed by atoms with Gasteiger partial charge in [-0.25, -0.2) is 4.79 Å². The first-order valence-corrected chi connectivity index (χ1v) is 8.96. The molecule has 27 heavy (non-hydrogen) atoms. The number of ether oxygens (including phenoxy) is 2. The molecular formula is C21H24N2O4. The second-order valence-corrected chi connectivity index (χ2v) is 6.66. The molecule has 2 unspecified atom stereocenters. The van der Waals surface area contributed by atoms with Crippen LogP contribution in [0.1, 0.15) is 28.9 Å². The largest absolute Gasteiger partial charge is 0.465 e. The van der Waals surface area contributed by atoms with Crippen molar-refractivity contribution in [1.82, 2.24) is 4.90 Å². The Kier molecular flexibility index (Phi) is 6.21. The monoisotopic (exact) mass is 368 g/mol. The van der Waals surface area contributed by atoms with E-state index >= 15 is 0 Å². The summed E-state index contributed by atoms with van der Waals surface area (Å²) in [7, 11) is 1.33. The molecule has 0 radical (unpaired) electrons. The minimum Gasteiger partial charge on any atom is -0.465 e. The number of carbonyl (C=O) groups excluding carboxylic acids is 2. The number of hydrogen-bond acceptors (Lipinski definition) is 5. The number of anilines is 1. The van der Waals surface area contributed by atoms with Crippen molar-refractivity contribution in [2.45, 2.75) is 19.1 Å². The highest BCUT2D eigenvalue weighted by Gasteiger charge is 2.27. The molecule has 0 aliphatic carbocycles. The number of rotatable bonds is 5. The molecule has 1 heterocycles. The molecule has 142 valence electrons. The molecule has 0 saturated carbocycles. The van der Waals surface area contributed by atoms with E-state index in [1.165, 1.54) is 7.11 Å². The third kappa shape index (κ3) is 5.15. The Hall–Kier alpha value is -2.70. The van der Waals surface area contributed by atoms with E-state index in [0.29, 0.717) is 24.3 Å². The second-order valence-electron chi connectivity index (χ2n) is 6.66. The number of hydrogen-bond donors (Lipinski definition) is 1. The fourth-order valence-electron chi connectivity index (χ4n) is 3.27. The van der Waals surface area contributed by atoms with Crippen molar-refractivity contribution in [1.29, 1.82) is 0 Å². The Morgan fingerprint density at radius 1 is 1.15 bits per heavy atom. The van der Waals surface area contributed by atoms with Gasteiger partial charge in [0.1, 0.15) is 0 Å². The average molecular weight is 368 g/mol. The number of methoxy groups -OCH3 is 1. The SMILES string of the molecule is COC(=O)c1cccc(NC(=O)CN2CC(C)OC(c3ccccc3)C2)c1. The van der Waals surface area contributed by atoms with Gasteiger partial charge in [0.15, 0.2) is 0 Å². The van der Waals surface area contributed by atoms with Crippen LogP contribution < -0.4 is 5.32 Å². The summed E-state index contributed by atoms with van der Waals surface area (Å²) in [5.41, 5.74) is 2.09. The Bertz CT molecular complexity index is 794. The van der Waals surface area contributed by atoms with Crippen molar-refractivity contribution < 1.29 is 19.1 Å². The standard InChI is InChI=1S/C21H24N2O4/c1-15-12-23(13-19(27-15)16-7-4-3-5-8-16)14-20(24)22-18-10-6-9-17(11-18)21(25)26-2/h3-11,15,19H,12-14H2,1-2H3,(H,22,24). The lowest BCUT2D eigenvalue weighted by Crippen LogP contribution is -2.46. The lowest BCUT2D eigenvalue weighted by Gasteiger charge is -2.36. The number of nitrogens with one attached hydrogen (secondary N) is 1. The molecule has 1 N–H and O–H groups in total. The summed E-state index contributed by atoms with van der Waals surface area (Å²) in [4.78, 5) is 26.2. The Labute approximate surface area is 159 Å². The van der Waals surface area contributed by atoms with Crippen LogP contribution in [-0.2, 0) is 14.3 Å². The summed E-state index contributed by atoms with van der Waals surface area (Å²) in [5.74, 6) is -0.559. The van der Waals surface area contributed by atoms with E-state index in [0.717, 1.165) is 5.56 Å². The molecule has 2 aromatic rings. The van der Waals surface area contributed by atoms with Gasteiger partial charge in [0, 0.05) is 18.8 Å². The Morgan fingerprint density at radius 3 is 2.67 bits per heavy atom. The molecule has 0 bridgehead atoms. The highest BCUT2D eigenvalue weighted by atomic mass is 16.5. The summed E-state index contributed by atoms with van der Waals surface area (Å²) in [6.45, 7) is 3.63. The van der Waals surface area contributed by atoms with Crippen LogP contribution in [0.25, 0.3) is 0 Å². The van der Waals surface area contributed by atoms with Gasteiger partial charge in [-0.05, 0) is 30.7 Å². The fraction of sp³-hybridized carbons (Fsp3) is 0.333. The number of amides is 1. The van der Waals surface area contributed by atoms with E-state index in [1.807, 2.05) is 37.3 Å². The number of nitrogens with zero attached hydrogens (tertiary/aromatic N) is 1. The highest BCUT2D eigenvalue weighted by Crippen LogP contribution is 2.25. The van der Waals surface area contributed by atoms with E-state index < -0.39 is 5.97 Å². The van der Waals surface area contributed by atoms with Gasteiger partial charge < -0.3 is 14.8 Å². The van der Waals surface area contributed by atoms with Crippen LogP contribution in [0.5, 0.6) is 0 Å². The van der Waals surface area contributed by atoms with Crippen molar-refractivity contribution in [3.63, 3.8) is 0 Å². The molecule has 1 aliphatic heterocycles. The smallest absolute Gasteiger partial charge is 0.337 e. The van der Waals surface area contributed by atoms with Crippen molar-refractivity contribution >= 4 is 17.6 Å². The number of morpholine rings is 1. The quantitative estimate of drug-likeness (QED) is 0.822. The van der Waals surface area contributed by atoms with Crippen LogP contribution in [0.3, 0.4) is 0 Å². The average Bonchev–Trinajstić information content (AvgIpc) is 2.67. The predicted octanol–water partition coefficient (Wildman–Crippen LogP) is 2.87. The van der Waals surface area contributed by atoms with E-state index in [1.54, 1.807) is 24.3 Å². The van der Waals surface area contributed by atoms with Crippen molar-refractivity contribution in [2.24, 2.45) is 0 Å². The summed E-state index contributed by atoms with van der Waals surface area (Å²) in [6.07, 6.45) is -0.00943. The molecule has 3 rings (SSSR count). The van der Waals surface area contributed by atoms with Crippen molar-refractivity contribution in [2.75, 3.05) is 32.1 Å². The van der Waals surface area contributed by atoms with Crippen LogP contribution in [0.4, 0.5) is 5.69 Å². The second kappa shape index (κ2) is 8.79. The highest BCUT2D eigenvalue weighted by molar-refractivity contribution is 5.95. The first-order valence-electron chi connectivity index (χ1n) is 8.96. The van der Waals surface area contributed by atoms with Crippen LogP contribution >= 0.6 is 0 Å². The minimum absolute atomic E-state index is 0.0411. The summed E-state index contributed by atoms with van der Waals surface area (Å²) in [6, 6.07) is 16.8. The van der Waals surface area contributed by atoms with Crippen LogP contribution in [0, 0.1) is 0 Å². The zero-order valence-corrected chi connectivity index (χ0v) is 15.6. The van der Waals surface area contributed by atoms with Gasteiger partial charge >= 0.3 is 5.97 Å². The molecule has 2 atom stereocenters. The molecule has 2 aromatic carbocycles. The molecule has 1 saturated heterocycles. The molecule has 6 heteroatoms. The Balaban J connectivity index is 1.61. The maximum absolute atomic E-state index is 12.5. The van der Waals surface area contributed by atoms with Gasteiger partial charge in [0.2, 0.25) is 5.91 Å². The third-order valence-electron chi connectivity index (χ3n) is 4.44. The predicted molar refractivity (Wildman–Crippen MR) is 103 cm³/mol. The molecule has 6 nitrogen and oxygen atoms in total. The van der Waals surface area contributed by atoms with Gasteiger partial charge in [-0.3, -0.25) is 9.69 Å². The fourth-order valence-corrected chi connectivity index (χ4v) is 3.27. The molecule has 0 aromatic heterocycles. The maximum Gasteiger partial charge on any atom is 0.337 e. The molecule has 0 spiro atoms. The normalized spacial score (nSPS) is 20.1. The third-order valence-corrected chi connectivity index (χ3v) is 4.44. The van der Waals surface area contributed by atoms with E-state index in [-0.39, 0.29) is 24.7 Å². The van der Waals surface area contributed by atoms with Gasteiger partial charge in [0.05, 0.1) is 31.4 Å². The zero-order chi connectivity index (χ0) is 19.2. The Morgan fingerprint density at radius 2 is 1.93 bits per heavy atom. The lowest BCUT2D eigenvalue weighted by atomic mass is 10.1. The summed E-state index contributed by atoms with van der Waals surface area (Å²) >= 11 is 0. The summed E-state index contributed by atoms with van der Waals surface area (Å²) in [5, 5.41) is 2.85. The number of benzene rings is 2. The lowest BCUT2D eigenvalue weighted by molar-refractivity contribution is -0.122. The maximum atomic E-state index is 12.5. The topological polar surface area (TPSA) is 67.9 Å². The molecular weight excluding hydrogens is 344 g/mol. The molecule has 1 fully saturated rings. The minimum atomic E-state index is -0.432. The van der Waals surface area contributed by atoms with Gasteiger partial charge in [-0.15, -0.1) is 0 Å². The molecule has 1 aliphatic rings. The number of carbonyl (C=O) groups is 2. The zero-order valence-electron chi connectivity index (χ0n) is 15.6. The van der Waals surface area contributed by atoms with Gasteiger partial charge in [0.25, 0.3) is 0 Å². The van der Waals surface area contributed by atoms with Crippen LogP contribution in [0.2, 0.25) is 0 Å². The van der Waals surface area contributed by atoms with Gasteiger partial charge in [-0.2, -0.15) is 0 Å². The van der Waals surface area contributed by atoms with E-state index in [4.69, 9.17) is 9.47 Å².